The van der Waals surface area contributed by atoms with Crippen molar-refractivity contribution in [2.24, 2.45) is 5.92 Å². The first-order chi connectivity index (χ1) is 11.9. The van der Waals surface area contributed by atoms with Crippen LogP contribution < -0.4 is 5.32 Å². The summed E-state index contributed by atoms with van der Waals surface area (Å²) in [6.45, 7) is 7.42. The number of amides is 1. The molecule has 0 unspecified atom stereocenters. The minimum atomic E-state index is -0.703. The lowest BCUT2D eigenvalue weighted by molar-refractivity contribution is -0.124. The lowest BCUT2D eigenvalue weighted by atomic mass is 9.98. The smallest absolute Gasteiger partial charge is 0.235 e. The molecule has 134 valence electrons. The number of hydrogen-bond acceptors (Lipinski definition) is 3. The van der Waals surface area contributed by atoms with Crippen LogP contribution in [0, 0.1) is 17.2 Å². The molecule has 0 spiro atoms. The zero-order chi connectivity index (χ0) is 18.0. The standard InChI is InChI=1S/C21H29N3O/c1-15(2)17-6-4-16(5-7-17)12-24(19-10-11-19)13-20(25)23-21(3,14-22)18-8-9-18/h4-7,15,18-19H,8-13H2,1-3H3,(H,23,25)/t21-/m1/s1. The first-order valence-corrected chi connectivity index (χ1v) is 9.46. The van der Waals surface area contributed by atoms with Gasteiger partial charge in [0.2, 0.25) is 5.91 Å². The molecule has 1 amide bonds. The van der Waals surface area contributed by atoms with Crippen LogP contribution in [0.25, 0.3) is 0 Å². The van der Waals surface area contributed by atoms with E-state index in [4.69, 9.17) is 0 Å². The van der Waals surface area contributed by atoms with Gasteiger partial charge in [0, 0.05) is 12.6 Å². The minimum Gasteiger partial charge on any atom is -0.337 e. The van der Waals surface area contributed by atoms with Crippen molar-refractivity contribution in [1.82, 2.24) is 10.2 Å². The van der Waals surface area contributed by atoms with Gasteiger partial charge in [0.05, 0.1) is 12.6 Å². The summed E-state index contributed by atoms with van der Waals surface area (Å²) < 4.78 is 0. The quantitative estimate of drug-likeness (QED) is 0.787. The Balaban J connectivity index is 1.60. The van der Waals surface area contributed by atoms with Crippen LogP contribution >= 0.6 is 0 Å². The number of hydrogen-bond donors (Lipinski definition) is 1. The fourth-order valence-electron chi connectivity index (χ4n) is 3.39. The molecular weight excluding hydrogens is 310 g/mol. The molecule has 1 aromatic rings. The van der Waals surface area contributed by atoms with E-state index >= 15 is 0 Å². The molecule has 4 heteroatoms. The zero-order valence-corrected chi connectivity index (χ0v) is 15.6. The molecule has 0 aliphatic heterocycles. The van der Waals surface area contributed by atoms with Crippen LogP contribution in [0.2, 0.25) is 0 Å². The largest absolute Gasteiger partial charge is 0.337 e. The van der Waals surface area contributed by atoms with E-state index in [1.165, 1.54) is 11.1 Å². The van der Waals surface area contributed by atoms with Gasteiger partial charge in [0.25, 0.3) is 0 Å². The molecule has 0 radical (unpaired) electrons. The monoisotopic (exact) mass is 339 g/mol. The number of rotatable bonds is 8. The molecule has 3 rings (SSSR count). The maximum absolute atomic E-state index is 12.5. The molecule has 2 saturated carbocycles. The number of nitrogens with zero attached hydrogens (tertiary/aromatic N) is 2. The van der Waals surface area contributed by atoms with Crippen molar-refractivity contribution >= 4 is 5.91 Å². The number of nitrogens with one attached hydrogen (secondary N) is 1. The second kappa shape index (κ2) is 7.17. The highest BCUT2D eigenvalue weighted by Crippen LogP contribution is 2.39. The summed E-state index contributed by atoms with van der Waals surface area (Å²) in [6, 6.07) is 11.5. The minimum absolute atomic E-state index is 0.0262. The summed E-state index contributed by atoms with van der Waals surface area (Å²) >= 11 is 0. The van der Waals surface area contributed by atoms with E-state index < -0.39 is 5.54 Å². The van der Waals surface area contributed by atoms with Gasteiger partial charge in [-0.15, -0.1) is 0 Å². The Morgan fingerprint density at radius 1 is 1.28 bits per heavy atom. The van der Waals surface area contributed by atoms with Crippen LogP contribution in [0.3, 0.4) is 0 Å². The summed E-state index contributed by atoms with van der Waals surface area (Å²) in [7, 11) is 0. The highest BCUT2D eigenvalue weighted by molar-refractivity contribution is 5.79. The summed E-state index contributed by atoms with van der Waals surface area (Å²) in [5.41, 5.74) is 1.88. The number of carbonyl (C=O) groups is 1. The molecule has 0 heterocycles. The Labute approximate surface area is 151 Å². The Morgan fingerprint density at radius 3 is 2.40 bits per heavy atom. The third-order valence-electron chi connectivity index (χ3n) is 5.47. The first kappa shape index (κ1) is 17.9. The molecule has 2 fully saturated rings. The molecule has 0 saturated heterocycles. The third-order valence-corrected chi connectivity index (χ3v) is 5.47. The van der Waals surface area contributed by atoms with E-state index in [1.54, 1.807) is 0 Å². The number of benzene rings is 1. The number of nitriles is 1. The average molecular weight is 339 g/mol. The van der Waals surface area contributed by atoms with E-state index in [1.807, 2.05) is 6.92 Å². The molecule has 0 aromatic heterocycles. The first-order valence-electron chi connectivity index (χ1n) is 9.46. The summed E-state index contributed by atoms with van der Waals surface area (Å²) in [5.74, 6) is 0.825. The fraction of sp³-hybridized carbons (Fsp3) is 0.619. The maximum Gasteiger partial charge on any atom is 0.235 e. The van der Waals surface area contributed by atoms with E-state index in [2.05, 4.69) is 54.4 Å². The predicted octanol–water partition coefficient (Wildman–Crippen LogP) is 3.58. The third kappa shape index (κ3) is 4.61. The van der Waals surface area contributed by atoms with Gasteiger partial charge in [0.1, 0.15) is 5.54 Å². The molecule has 0 bridgehead atoms. The van der Waals surface area contributed by atoms with Crippen LogP contribution in [0.4, 0.5) is 0 Å². The summed E-state index contributed by atoms with van der Waals surface area (Å²) in [4.78, 5) is 14.8. The van der Waals surface area contributed by atoms with E-state index in [-0.39, 0.29) is 5.91 Å². The highest BCUT2D eigenvalue weighted by Gasteiger charge is 2.43. The predicted molar refractivity (Wildman–Crippen MR) is 98.8 cm³/mol. The fourth-order valence-corrected chi connectivity index (χ4v) is 3.39. The summed E-state index contributed by atoms with van der Waals surface area (Å²) in [6.07, 6.45) is 4.41. The second-order valence-corrected chi connectivity index (χ2v) is 8.17. The maximum atomic E-state index is 12.5. The highest BCUT2D eigenvalue weighted by atomic mass is 16.2. The molecule has 1 atom stereocenters. The average Bonchev–Trinajstić information content (AvgIpc) is 3.47. The lowest BCUT2D eigenvalue weighted by Crippen LogP contribution is -2.50. The van der Waals surface area contributed by atoms with Crippen LogP contribution in [0.1, 0.15) is 63.5 Å². The second-order valence-electron chi connectivity index (χ2n) is 8.17. The SMILES string of the molecule is CC(C)c1ccc(CN(CC(=O)N[C@](C)(C#N)C2CC2)C2CC2)cc1. The van der Waals surface area contributed by atoms with Gasteiger partial charge >= 0.3 is 0 Å². The van der Waals surface area contributed by atoms with Gasteiger partial charge in [-0.05, 0) is 55.6 Å². The van der Waals surface area contributed by atoms with Crippen molar-refractivity contribution in [3.8, 4) is 6.07 Å². The van der Waals surface area contributed by atoms with Crippen molar-refractivity contribution in [1.29, 1.82) is 5.26 Å². The lowest BCUT2D eigenvalue weighted by Gasteiger charge is -2.26. The topological polar surface area (TPSA) is 56.1 Å². The molecule has 4 nitrogen and oxygen atoms in total. The Kier molecular flexibility index (Phi) is 5.15. The van der Waals surface area contributed by atoms with Gasteiger partial charge in [-0.2, -0.15) is 5.26 Å². The van der Waals surface area contributed by atoms with Crippen LogP contribution in [-0.4, -0.2) is 28.9 Å². The van der Waals surface area contributed by atoms with Gasteiger partial charge in [-0.3, -0.25) is 9.69 Å². The molecular formula is C21H29N3O. The molecule has 25 heavy (non-hydrogen) atoms. The molecule has 1 aromatic carbocycles. The molecule has 2 aliphatic carbocycles. The van der Waals surface area contributed by atoms with Crippen molar-refractivity contribution in [3.05, 3.63) is 35.4 Å². The molecule has 2 aliphatic rings. The van der Waals surface area contributed by atoms with Gasteiger partial charge in [0.15, 0.2) is 0 Å². The van der Waals surface area contributed by atoms with E-state index in [9.17, 15) is 10.1 Å². The van der Waals surface area contributed by atoms with Gasteiger partial charge < -0.3 is 5.32 Å². The Hall–Kier alpha value is -1.86. The normalized spacial score (nSPS) is 19.5. The van der Waals surface area contributed by atoms with Crippen LogP contribution in [0.15, 0.2) is 24.3 Å². The van der Waals surface area contributed by atoms with E-state index in [0.29, 0.717) is 24.4 Å². The van der Waals surface area contributed by atoms with Gasteiger partial charge in [-0.25, -0.2) is 0 Å². The molecule has 1 N–H and O–H groups in total. The van der Waals surface area contributed by atoms with E-state index in [0.717, 1.165) is 32.2 Å². The Morgan fingerprint density at radius 2 is 1.92 bits per heavy atom. The van der Waals surface area contributed by atoms with Crippen molar-refractivity contribution < 1.29 is 4.79 Å². The zero-order valence-electron chi connectivity index (χ0n) is 15.6. The van der Waals surface area contributed by atoms with Crippen molar-refractivity contribution in [2.75, 3.05) is 6.54 Å². The van der Waals surface area contributed by atoms with Crippen molar-refractivity contribution in [2.45, 2.75) is 70.5 Å². The number of carbonyl (C=O) groups excluding carboxylic acids is 1. The van der Waals surface area contributed by atoms with Crippen LogP contribution in [0.5, 0.6) is 0 Å². The van der Waals surface area contributed by atoms with Gasteiger partial charge in [-0.1, -0.05) is 38.1 Å². The summed E-state index contributed by atoms with van der Waals surface area (Å²) in [5, 5.41) is 12.4. The Bertz CT molecular complexity index is 653. The van der Waals surface area contributed by atoms with Crippen molar-refractivity contribution in [3.63, 3.8) is 0 Å². The van der Waals surface area contributed by atoms with Crippen LogP contribution in [-0.2, 0) is 11.3 Å².